The Kier molecular flexibility index (Phi) is 4.14. The molecule has 2 aromatic carbocycles. The van der Waals surface area contributed by atoms with E-state index in [9.17, 15) is 4.79 Å². The second-order valence-corrected chi connectivity index (χ2v) is 4.75. The molecular weight excluding hydrogens is 280 g/mol. The van der Waals surface area contributed by atoms with Crippen LogP contribution in [-0.2, 0) is 0 Å². The highest BCUT2D eigenvalue weighted by Gasteiger charge is 2.09. The first-order valence-corrected chi connectivity index (χ1v) is 6.32. The molecule has 3 nitrogen and oxygen atoms in total. The quantitative estimate of drug-likeness (QED) is 0.853. The third-order valence-electron chi connectivity index (χ3n) is 2.55. The molecule has 0 aliphatic heterocycles. The summed E-state index contributed by atoms with van der Waals surface area (Å²) in [4.78, 5) is 12.3. The average Bonchev–Trinajstić information content (AvgIpc) is 2.39. The molecule has 3 N–H and O–H groups in total. The van der Waals surface area contributed by atoms with Gasteiger partial charge in [-0.05, 0) is 36.4 Å². The number of hydrogen-bond donors (Lipinski definition) is 2. The Morgan fingerprint density at radius 2 is 1.74 bits per heavy atom. The van der Waals surface area contributed by atoms with Gasteiger partial charge in [-0.25, -0.2) is 0 Å². The summed E-state index contributed by atoms with van der Waals surface area (Å²) in [5.41, 5.74) is 7.36. The van der Waals surface area contributed by atoms with Crippen molar-refractivity contribution >= 4 is 40.4 Å². The van der Waals surface area contributed by atoms with E-state index < -0.39 is 0 Å². The normalized spacial score (nSPS) is 9.95. The molecule has 96 valence electrons. The molecule has 0 radical (unpaired) electrons. The number of nitrogens with one attached hydrogen (secondary N) is 1. The van der Waals surface area contributed by atoms with Crippen LogP contribution in [0, 0.1) is 0 Å². The molecule has 0 fully saturated rings. The first-order valence-electron chi connectivity index (χ1n) is 5.53. The number of halogens is 1. The molecule has 2 aromatic rings. The second-order valence-electron chi connectivity index (χ2n) is 3.87. The van der Waals surface area contributed by atoms with Gasteiger partial charge in [0.1, 0.15) is 4.99 Å². The van der Waals surface area contributed by atoms with Crippen molar-refractivity contribution in [3.05, 3.63) is 64.7 Å². The van der Waals surface area contributed by atoms with Gasteiger partial charge in [-0.2, -0.15) is 0 Å². The van der Waals surface area contributed by atoms with Crippen LogP contribution in [0.5, 0.6) is 0 Å². The van der Waals surface area contributed by atoms with Crippen molar-refractivity contribution in [2.75, 3.05) is 5.32 Å². The third kappa shape index (κ3) is 3.30. The predicted octanol–water partition coefficient (Wildman–Crippen LogP) is 3.23. The van der Waals surface area contributed by atoms with Crippen molar-refractivity contribution in [3.8, 4) is 0 Å². The van der Waals surface area contributed by atoms with E-state index in [0.717, 1.165) is 0 Å². The molecule has 1 amide bonds. The minimum atomic E-state index is -0.236. The number of thiocarbonyl (C=S) groups is 1. The van der Waals surface area contributed by atoms with E-state index in [1.54, 1.807) is 42.5 Å². The molecule has 2 rings (SSSR count). The fourth-order valence-corrected chi connectivity index (χ4v) is 1.91. The number of benzene rings is 2. The average molecular weight is 291 g/mol. The lowest BCUT2D eigenvalue weighted by molar-refractivity contribution is 0.102. The number of rotatable bonds is 3. The summed E-state index contributed by atoms with van der Waals surface area (Å²) in [6, 6.07) is 13.8. The first-order chi connectivity index (χ1) is 9.08. The minimum Gasteiger partial charge on any atom is -0.389 e. The van der Waals surface area contributed by atoms with Gasteiger partial charge in [0.05, 0.1) is 5.69 Å². The smallest absolute Gasteiger partial charge is 0.255 e. The monoisotopic (exact) mass is 290 g/mol. The second kappa shape index (κ2) is 5.82. The van der Waals surface area contributed by atoms with Gasteiger partial charge in [0.2, 0.25) is 0 Å². The van der Waals surface area contributed by atoms with E-state index >= 15 is 0 Å². The molecule has 0 unspecified atom stereocenters. The summed E-state index contributed by atoms with van der Waals surface area (Å²) in [5, 5.41) is 3.36. The summed E-state index contributed by atoms with van der Waals surface area (Å²) in [5.74, 6) is -0.236. The molecular formula is C14H11ClN2OS. The lowest BCUT2D eigenvalue weighted by Crippen LogP contribution is -2.17. The Hall–Kier alpha value is -1.91. The minimum absolute atomic E-state index is 0.236. The zero-order valence-corrected chi connectivity index (χ0v) is 11.5. The number of amides is 1. The highest BCUT2D eigenvalue weighted by Crippen LogP contribution is 2.17. The van der Waals surface area contributed by atoms with Crippen LogP contribution >= 0.6 is 23.8 Å². The molecule has 0 saturated heterocycles. The van der Waals surface area contributed by atoms with Crippen molar-refractivity contribution in [1.82, 2.24) is 0 Å². The molecule has 0 aliphatic carbocycles. The lowest BCUT2D eigenvalue weighted by atomic mass is 10.1. The van der Waals surface area contributed by atoms with Crippen molar-refractivity contribution in [2.45, 2.75) is 0 Å². The third-order valence-corrected chi connectivity index (χ3v) is 3.02. The molecule has 0 saturated carbocycles. The maximum absolute atomic E-state index is 12.1. The highest BCUT2D eigenvalue weighted by atomic mass is 35.5. The SMILES string of the molecule is NC(=S)c1ccccc1NC(=O)c1ccc(Cl)cc1. The van der Waals surface area contributed by atoms with Gasteiger partial charge in [0.25, 0.3) is 5.91 Å². The van der Waals surface area contributed by atoms with Crippen LogP contribution in [0.1, 0.15) is 15.9 Å². The van der Waals surface area contributed by atoms with Crippen LogP contribution in [-0.4, -0.2) is 10.9 Å². The van der Waals surface area contributed by atoms with Crippen molar-refractivity contribution in [2.24, 2.45) is 5.73 Å². The fraction of sp³-hybridized carbons (Fsp3) is 0. The van der Waals surface area contributed by atoms with Crippen molar-refractivity contribution in [1.29, 1.82) is 0 Å². The maximum atomic E-state index is 12.1. The molecule has 0 aromatic heterocycles. The zero-order valence-electron chi connectivity index (χ0n) is 9.89. The maximum Gasteiger partial charge on any atom is 0.255 e. The van der Waals surface area contributed by atoms with Crippen LogP contribution < -0.4 is 11.1 Å². The molecule has 0 aliphatic rings. The Morgan fingerprint density at radius 1 is 1.11 bits per heavy atom. The van der Waals surface area contributed by atoms with E-state index in [0.29, 0.717) is 21.8 Å². The highest BCUT2D eigenvalue weighted by molar-refractivity contribution is 7.80. The van der Waals surface area contributed by atoms with Crippen LogP contribution in [0.15, 0.2) is 48.5 Å². The van der Waals surface area contributed by atoms with Crippen LogP contribution in [0.25, 0.3) is 0 Å². The molecule has 0 heterocycles. The number of para-hydroxylation sites is 1. The topological polar surface area (TPSA) is 55.1 Å². The molecule has 0 spiro atoms. The van der Waals surface area contributed by atoms with Crippen molar-refractivity contribution in [3.63, 3.8) is 0 Å². The fourth-order valence-electron chi connectivity index (χ4n) is 1.60. The summed E-state index contributed by atoms with van der Waals surface area (Å²) in [6.45, 7) is 0. The van der Waals surface area contributed by atoms with E-state index in [-0.39, 0.29) is 10.9 Å². The molecule has 0 bridgehead atoms. The predicted molar refractivity (Wildman–Crippen MR) is 81.7 cm³/mol. The molecule has 19 heavy (non-hydrogen) atoms. The van der Waals surface area contributed by atoms with E-state index in [4.69, 9.17) is 29.6 Å². The summed E-state index contributed by atoms with van der Waals surface area (Å²) < 4.78 is 0. The van der Waals surface area contributed by atoms with Crippen LogP contribution in [0.3, 0.4) is 0 Å². The summed E-state index contributed by atoms with van der Waals surface area (Å²) >= 11 is 10.7. The lowest BCUT2D eigenvalue weighted by Gasteiger charge is -2.09. The number of carbonyl (C=O) groups excluding carboxylic acids is 1. The Morgan fingerprint density at radius 3 is 2.37 bits per heavy atom. The van der Waals surface area contributed by atoms with Crippen molar-refractivity contribution < 1.29 is 4.79 Å². The number of nitrogens with two attached hydrogens (primary N) is 1. The van der Waals surface area contributed by atoms with Gasteiger partial charge in [0, 0.05) is 16.1 Å². The standard InChI is InChI=1S/C14H11ClN2OS/c15-10-7-5-9(6-8-10)14(18)17-12-4-2-1-3-11(12)13(16)19/h1-8H,(H2,16,19)(H,17,18). The van der Waals surface area contributed by atoms with Gasteiger partial charge >= 0.3 is 0 Å². The summed E-state index contributed by atoms with van der Waals surface area (Å²) in [7, 11) is 0. The van der Waals surface area contributed by atoms with E-state index in [2.05, 4.69) is 5.32 Å². The van der Waals surface area contributed by atoms with Gasteiger partial charge in [0.15, 0.2) is 0 Å². The number of hydrogen-bond acceptors (Lipinski definition) is 2. The van der Waals surface area contributed by atoms with Crippen LogP contribution in [0.2, 0.25) is 5.02 Å². The van der Waals surface area contributed by atoms with Gasteiger partial charge in [-0.15, -0.1) is 0 Å². The van der Waals surface area contributed by atoms with Gasteiger partial charge in [-0.1, -0.05) is 36.0 Å². The Balaban J connectivity index is 2.24. The molecule has 5 heteroatoms. The van der Waals surface area contributed by atoms with E-state index in [1.807, 2.05) is 6.07 Å². The number of carbonyl (C=O) groups is 1. The van der Waals surface area contributed by atoms with Gasteiger partial charge < -0.3 is 11.1 Å². The first kappa shape index (κ1) is 13.5. The van der Waals surface area contributed by atoms with E-state index in [1.165, 1.54) is 0 Å². The Labute approximate surface area is 121 Å². The Bertz CT molecular complexity index is 626. The zero-order chi connectivity index (χ0) is 13.8. The largest absolute Gasteiger partial charge is 0.389 e. The molecule has 0 atom stereocenters. The number of anilines is 1. The van der Waals surface area contributed by atoms with Gasteiger partial charge in [-0.3, -0.25) is 4.79 Å². The van der Waals surface area contributed by atoms with Crippen LogP contribution in [0.4, 0.5) is 5.69 Å². The summed E-state index contributed by atoms with van der Waals surface area (Å²) in [6.07, 6.45) is 0.